The number of aromatic nitrogens is 10. The van der Waals surface area contributed by atoms with Crippen LogP contribution in [0.2, 0.25) is 10.3 Å². The van der Waals surface area contributed by atoms with E-state index in [9.17, 15) is 17.6 Å². The maximum atomic E-state index is 14.5. The van der Waals surface area contributed by atoms with Gasteiger partial charge >= 0.3 is 0 Å². The van der Waals surface area contributed by atoms with E-state index in [4.69, 9.17) is 32.7 Å². The Labute approximate surface area is 386 Å². The molecular weight excluding hydrogens is 899 g/mol. The number of benzene rings is 4. The van der Waals surface area contributed by atoms with Crippen molar-refractivity contribution in [2.45, 2.75) is 63.5 Å². The van der Waals surface area contributed by atoms with Crippen LogP contribution in [-0.2, 0) is 13.1 Å². The molecule has 4 aromatic heterocycles. The topological polar surface area (TPSA) is 140 Å². The van der Waals surface area contributed by atoms with E-state index in [1.54, 1.807) is 48.4 Å². The van der Waals surface area contributed by atoms with Crippen molar-refractivity contribution in [2.24, 2.45) is 0 Å². The van der Waals surface area contributed by atoms with E-state index in [1.807, 2.05) is 45.8 Å². The van der Waals surface area contributed by atoms with Gasteiger partial charge in [-0.1, -0.05) is 48.2 Å². The van der Waals surface area contributed by atoms with Gasteiger partial charge in [-0.3, -0.25) is 0 Å². The summed E-state index contributed by atoms with van der Waals surface area (Å²) in [4.78, 5) is 17.4. The summed E-state index contributed by atoms with van der Waals surface area (Å²) in [6, 6.07) is 18.5. The number of fused-ring (bicyclic) bond motifs is 2. The maximum Gasteiger partial charge on any atom is 0.246 e. The van der Waals surface area contributed by atoms with E-state index in [2.05, 4.69) is 40.8 Å². The molecular formula is C46H42Cl2F4N12O2. The lowest BCUT2D eigenvalue weighted by atomic mass is 9.93. The largest absolute Gasteiger partial charge is 0.494 e. The molecule has 340 valence electrons. The average Bonchev–Trinajstić information content (AvgIpc) is 4.08. The van der Waals surface area contributed by atoms with Crippen LogP contribution in [0.3, 0.4) is 0 Å². The number of nitrogens with zero attached hydrogens (tertiary/aromatic N) is 10. The average molecular weight is 942 g/mol. The first kappa shape index (κ1) is 44.3. The van der Waals surface area contributed by atoms with E-state index < -0.39 is 23.3 Å². The fourth-order valence-electron chi connectivity index (χ4n) is 8.35. The summed E-state index contributed by atoms with van der Waals surface area (Å²) in [7, 11) is 3.17. The van der Waals surface area contributed by atoms with E-state index in [1.165, 1.54) is 24.3 Å². The van der Waals surface area contributed by atoms with Crippen LogP contribution in [-0.4, -0.2) is 62.9 Å². The molecule has 2 aliphatic heterocycles. The predicted octanol–water partition coefficient (Wildman–Crippen LogP) is 10.9. The molecule has 4 aromatic carbocycles. The van der Waals surface area contributed by atoms with Crippen molar-refractivity contribution in [2.75, 3.05) is 24.9 Å². The van der Waals surface area contributed by atoms with Gasteiger partial charge < -0.3 is 29.2 Å². The van der Waals surface area contributed by atoms with Gasteiger partial charge in [-0.2, -0.15) is 9.97 Å². The summed E-state index contributed by atoms with van der Waals surface area (Å²) in [5.41, 5.74) is 3.89. The Balaban J connectivity index is 0.000000166. The fourth-order valence-corrected chi connectivity index (χ4v) is 8.65. The summed E-state index contributed by atoms with van der Waals surface area (Å²) in [5.74, 6) is 0.458. The van der Waals surface area contributed by atoms with Crippen molar-refractivity contribution < 1.29 is 27.0 Å². The first-order chi connectivity index (χ1) is 32.0. The van der Waals surface area contributed by atoms with Crippen molar-refractivity contribution in [3.8, 4) is 22.9 Å². The van der Waals surface area contributed by atoms with Crippen LogP contribution in [0, 0.1) is 23.3 Å². The molecule has 0 radical (unpaired) electrons. The molecule has 0 spiro atoms. The molecule has 8 aromatic rings. The summed E-state index contributed by atoms with van der Waals surface area (Å²) in [6.07, 6.45) is 11.7. The normalized spacial score (nSPS) is 15.7. The molecule has 2 aliphatic rings. The molecule has 0 bridgehead atoms. The number of anilines is 4. The van der Waals surface area contributed by atoms with E-state index in [-0.39, 0.29) is 11.8 Å². The molecule has 0 amide bonds. The highest BCUT2D eigenvalue weighted by Crippen LogP contribution is 2.37. The summed E-state index contributed by atoms with van der Waals surface area (Å²) >= 11 is 11.9. The van der Waals surface area contributed by atoms with Crippen molar-refractivity contribution in [1.82, 2.24) is 48.6 Å². The quantitative estimate of drug-likeness (QED) is 0.127. The second kappa shape index (κ2) is 19.3. The Morgan fingerprint density at radius 3 is 1.39 bits per heavy atom. The maximum absolute atomic E-state index is 14.5. The van der Waals surface area contributed by atoms with E-state index >= 15 is 0 Å². The van der Waals surface area contributed by atoms with Gasteiger partial charge in [0.1, 0.15) is 69.4 Å². The molecule has 0 unspecified atom stereocenters. The smallest absolute Gasteiger partial charge is 0.246 e. The lowest BCUT2D eigenvalue weighted by Crippen LogP contribution is -2.10. The zero-order valence-electron chi connectivity index (χ0n) is 35.6. The number of halogens is 6. The van der Waals surface area contributed by atoms with E-state index in [0.717, 1.165) is 73.4 Å². The third-order valence-corrected chi connectivity index (χ3v) is 11.8. The van der Waals surface area contributed by atoms with Gasteiger partial charge in [0.05, 0.1) is 25.6 Å². The summed E-state index contributed by atoms with van der Waals surface area (Å²) in [5, 5.41) is 16.4. The van der Waals surface area contributed by atoms with Gasteiger partial charge in [0.15, 0.2) is 0 Å². The number of ether oxygens (including phenoxy) is 2. The van der Waals surface area contributed by atoms with Crippen LogP contribution in [0.1, 0.15) is 73.1 Å². The van der Waals surface area contributed by atoms with Gasteiger partial charge in [0.25, 0.3) is 0 Å². The predicted molar refractivity (Wildman–Crippen MR) is 241 cm³/mol. The number of nitrogens with one attached hydrogen (secondary N) is 2. The molecule has 0 saturated carbocycles. The van der Waals surface area contributed by atoms with Crippen LogP contribution in [0.25, 0.3) is 11.4 Å². The zero-order valence-corrected chi connectivity index (χ0v) is 37.1. The van der Waals surface area contributed by atoms with Crippen LogP contribution in [0.5, 0.6) is 11.5 Å². The molecule has 20 heteroatoms. The number of hydrogen-bond donors (Lipinski definition) is 2. The Hall–Kier alpha value is -6.92. The van der Waals surface area contributed by atoms with Crippen LogP contribution < -0.4 is 20.1 Å². The van der Waals surface area contributed by atoms with Gasteiger partial charge in [-0.25, -0.2) is 36.9 Å². The number of methoxy groups -OCH3 is 2. The summed E-state index contributed by atoms with van der Waals surface area (Å²) in [6.45, 7) is 1.37. The highest BCUT2D eigenvalue weighted by Gasteiger charge is 2.29. The van der Waals surface area contributed by atoms with Gasteiger partial charge in [-0.05, 0) is 73.2 Å². The lowest BCUT2D eigenvalue weighted by molar-refractivity contribution is 0.413. The molecule has 0 aliphatic carbocycles. The van der Waals surface area contributed by atoms with Crippen molar-refractivity contribution in [3.63, 3.8) is 0 Å². The Kier molecular flexibility index (Phi) is 12.9. The Bertz CT molecular complexity index is 2810. The van der Waals surface area contributed by atoms with Crippen molar-refractivity contribution >= 4 is 46.5 Å². The van der Waals surface area contributed by atoms with E-state index in [0.29, 0.717) is 69.6 Å². The molecule has 0 fully saturated rings. The van der Waals surface area contributed by atoms with Crippen LogP contribution >= 0.6 is 23.2 Å². The SMILES string of the molecule is COc1cc(Nc2nc3n(n2)CCCC[C@@H]3c2ccc(F)cc2F)ccc1-n1cnc(Cl)c1.COc1cc(Nc2nc3n(n2)CCCC[C@H]3c2ccc(F)cc2F)ccc1-n1cnc(Cl)c1. The van der Waals surface area contributed by atoms with Gasteiger partial charge in [0.2, 0.25) is 11.9 Å². The lowest BCUT2D eigenvalue weighted by Gasteiger charge is -2.15. The highest BCUT2D eigenvalue weighted by molar-refractivity contribution is 6.29. The monoisotopic (exact) mass is 940 g/mol. The number of aryl methyl sites for hydroxylation is 2. The molecule has 14 nitrogen and oxygen atoms in total. The highest BCUT2D eigenvalue weighted by atomic mass is 35.5. The first-order valence-electron chi connectivity index (χ1n) is 21.1. The molecule has 6 heterocycles. The number of rotatable bonds is 10. The van der Waals surface area contributed by atoms with Crippen molar-refractivity contribution in [1.29, 1.82) is 0 Å². The first-order valence-corrected chi connectivity index (χ1v) is 21.9. The number of hydrogen-bond acceptors (Lipinski definition) is 10. The van der Waals surface area contributed by atoms with Crippen molar-refractivity contribution in [3.05, 3.63) is 154 Å². The third-order valence-electron chi connectivity index (χ3n) is 11.5. The minimum absolute atomic E-state index is 0.293. The molecule has 66 heavy (non-hydrogen) atoms. The molecule has 2 N–H and O–H groups in total. The minimum Gasteiger partial charge on any atom is -0.494 e. The van der Waals surface area contributed by atoms with Gasteiger partial charge in [-0.15, -0.1) is 10.2 Å². The second-order valence-corrected chi connectivity index (χ2v) is 16.5. The second-order valence-electron chi connectivity index (χ2n) is 15.7. The minimum atomic E-state index is -0.593. The number of imidazole rings is 2. The third kappa shape index (κ3) is 9.55. The molecule has 10 rings (SSSR count). The zero-order chi connectivity index (χ0) is 45.9. The van der Waals surface area contributed by atoms with Gasteiger partial charge in [0, 0.05) is 73.0 Å². The summed E-state index contributed by atoms with van der Waals surface area (Å²) < 4.78 is 74.2. The fraction of sp³-hybridized carbons (Fsp3) is 0.261. The Morgan fingerprint density at radius 2 is 1.02 bits per heavy atom. The van der Waals surface area contributed by atoms with Crippen LogP contribution in [0.4, 0.5) is 40.8 Å². The molecule has 0 saturated heterocycles. The molecule has 2 atom stereocenters. The standard InChI is InChI=1S/2C23H21ClF2N6O/c2*1-33-20-11-15(6-8-19(20)31-12-21(24)27-13-31)28-23-29-22-17(4-2-3-9-32(22)30-23)16-7-5-14(25)10-18(16)26/h2*5-8,10-13,17H,2-4,9H2,1H3,(H,28,30)/t2*17-/m10/s1. The Morgan fingerprint density at radius 1 is 0.576 bits per heavy atom. The van der Waals surface area contributed by atoms with Crippen LogP contribution in [0.15, 0.2) is 97.8 Å².